The first-order valence-corrected chi connectivity index (χ1v) is 5.09. The molecule has 0 saturated carbocycles. The number of hydrogen-bond acceptors (Lipinski definition) is 5. The van der Waals surface area contributed by atoms with Crippen LogP contribution in [0.2, 0.25) is 0 Å². The highest BCUT2D eigenvalue weighted by molar-refractivity contribution is 5.41. The molecule has 0 aliphatic rings. The number of phenolic OH excluding ortho intramolecular Hbond substituents is 2. The van der Waals surface area contributed by atoms with Crippen molar-refractivity contribution in [1.82, 2.24) is 5.32 Å². The van der Waals surface area contributed by atoms with Crippen molar-refractivity contribution in [1.29, 1.82) is 0 Å². The molecule has 5 nitrogen and oxygen atoms in total. The maximum Gasteiger partial charge on any atom is 0.157 e. The van der Waals surface area contributed by atoms with Crippen LogP contribution in [0.5, 0.6) is 11.5 Å². The first kappa shape index (κ1) is 12.8. The number of nitrogens with one attached hydrogen (secondary N) is 1. The molecule has 1 rings (SSSR count). The lowest BCUT2D eigenvalue weighted by Crippen LogP contribution is -2.23. The Morgan fingerprint density at radius 1 is 1.19 bits per heavy atom. The predicted molar refractivity (Wildman–Crippen MR) is 59.3 cm³/mol. The van der Waals surface area contributed by atoms with Crippen LogP contribution in [0.3, 0.4) is 0 Å². The van der Waals surface area contributed by atoms with Crippen LogP contribution < -0.4 is 5.32 Å². The second-order valence-electron chi connectivity index (χ2n) is 3.65. The summed E-state index contributed by atoms with van der Waals surface area (Å²) in [6.45, 7) is 0.586. The maximum atomic E-state index is 9.76. The van der Waals surface area contributed by atoms with E-state index in [0.717, 1.165) is 0 Å². The van der Waals surface area contributed by atoms with Gasteiger partial charge in [0.1, 0.15) is 6.10 Å². The zero-order valence-electron chi connectivity index (χ0n) is 9.09. The Kier molecular flexibility index (Phi) is 4.54. The average Bonchev–Trinajstić information content (AvgIpc) is 2.28. The van der Waals surface area contributed by atoms with Gasteiger partial charge in [-0.15, -0.1) is 0 Å². The number of rotatable bonds is 5. The molecule has 0 aliphatic carbocycles. The van der Waals surface area contributed by atoms with E-state index in [1.807, 2.05) is 0 Å². The van der Waals surface area contributed by atoms with Crippen molar-refractivity contribution in [3.05, 3.63) is 23.8 Å². The molecule has 2 atom stereocenters. The molecule has 1 aromatic rings. The summed E-state index contributed by atoms with van der Waals surface area (Å²) in [5.41, 5.74) is 0.374. The number of aliphatic hydroxyl groups excluding tert-OH is 2. The average molecular weight is 227 g/mol. The van der Waals surface area contributed by atoms with Gasteiger partial charge in [-0.1, -0.05) is 6.07 Å². The number of phenols is 2. The number of benzene rings is 1. The largest absolute Gasteiger partial charge is 0.504 e. The van der Waals surface area contributed by atoms with E-state index < -0.39 is 12.2 Å². The summed E-state index contributed by atoms with van der Waals surface area (Å²) in [6, 6.07) is 3.98. The minimum Gasteiger partial charge on any atom is -0.504 e. The highest BCUT2D eigenvalue weighted by atomic mass is 16.3. The second kappa shape index (κ2) is 5.69. The Bertz CT molecular complexity index is 343. The lowest BCUT2D eigenvalue weighted by molar-refractivity contribution is 0.0139. The Morgan fingerprint density at radius 3 is 2.44 bits per heavy atom. The summed E-state index contributed by atoms with van der Waals surface area (Å²) in [4.78, 5) is 0. The first-order valence-electron chi connectivity index (χ1n) is 5.09. The Labute approximate surface area is 94.0 Å². The molecule has 0 saturated heterocycles. The standard InChI is InChI=1S/C11H17NO4/c1-12-5-4-9(14)11(16)7-2-3-8(13)10(15)6-7/h2-3,6,9,11-16H,4-5H2,1H3. The fourth-order valence-corrected chi connectivity index (χ4v) is 1.40. The van der Waals surface area contributed by atoms with Gasteiger partial charge >= 0.3 is 0 Å². The van der Waals surface area contributed by atoms with Gasteiger partial charge in [0.25, 0.3) is 0 Å². The van der Waals surface area contributed by atoms with E-state index in [0.29, 0.717) is 18.5 Å². The van der Waals surface area contributed by atoms with Gasteiger partial charge in [0.15, 0.2) is 11.5 Å². The topological polar surface area (TPSA) is 93.0 Å². The van der Waals surface area contributed by atoms with Crippen molar-refractivity contribution in [3.63, 3.8) is 0 Å². The summed E-state index contributed by atoms with van der Waals surface area (Å²) in [7, 11) is 1.76. The summed E-state index contributed by atoms with van der Waals surface area (Å²) < 4.78 is 0. The number of aliphatic hydroxyl groups is 2. The lowest BCUT2D eigenvalue weighted by atomic mass is 10.0. The fourth-order valence-electron chi connectivity index (χ4n) is 1.40. The minimum atomic E-state index is -1.07. The van der Waals surface area contributed by atoms with Gasteiger partial charge in [-0.2, -0.15) is 0 Å². The van der Waals surface area contributed by atoms with Crippen LogP contribution in [-0.2, 0) is 0 Å². The van der Waals surface area contributed by atoms with Crippen molar-refractivity contribution >= 4 is 0 Å². The van der Waals surface area contributed by atoms with Crippen molar-refractivity contribution in [2.24, 2.45) is 0 Å². The van der Waals surface area contributed by atoms with Crippen LogP contribution in [0.25, 0.3) is 0 Å². The van der Waals surface area contributed by atoms with E-state index in [2.05, 4.69) is 5.32 Å². The zero-order valence-corrected chi connectivity index (χ0v) is 9.09. The van der Waals surface area contributed by atoms with E-state index >= 15 is 0 Å². The smallest absolute Gasteiger partial charge is 0.157 e. The van der Waals surface area contributed by atoms with E-state index in [1.54, 1.807) is 7.05 Å². The molecule has 16 heavy (non-hydrogen) atoms. The summed E-state index contributed by atoms with van der Waals surface area (Å²) in [5, 5.41) is 40.6. The Balaban J connectivity index is 2.71. The van der Waals surface area contributed by atoms with Crippen LogP contribution in [-0.4, -0.2) is 40.1 Å². The van der Waals surface area contributed by atoms with Crippen molar-refractivity contribution in [3.8, 4) is 11.5 Å². The van der Waals surface area contributed by atoms with Gasteiger partial charge in [0.2, 0.25) is 0 Å². The number of hydrogen-bond donors (Lipinski definition) is 5. The van der Waals surface area contributed by atoms with E-state index in [1.165, 1.54) is 18.2 Å². The molecule has 5 N–H and O–H groups in total. The predicted octanol–water partition coefficient (Wildman–Crippen LogP) is 0.102. The molecule has 0 aromatic heterocycles. The molecule has 1 aromatic carbocycles. The normalized spacial score (nSPS) is 14.7. The molecule has 0 spiro atoms. The molecule has 2 unspecified atom stereocenters. The zero-order chi connectivity index (χ0) is 12.1. The first-order chi connectivity index (χ1) is 7.56. The second-order valence-corrected chi connectivity index (χ2v) is 3.65. The summed E-state index contributed by atoms with van der Waals surface area (Å²) in [6.07, 6.45) is -1.57. The van der Waals surface area contributed by atoms with E-state index in [9.17, 15) is 15.3 Å². The Hall–Kier alpha value is -1.30. The van der Waals surface area contributed by atoms with Gasteiger partial charge in [-0.05, 0) is 37.7 Å². The lowest BCUT2D eigenvalue weighted by Gasteiger charge is -2.18. The molecule has 90 valence electrons. The quantitative estimate of drug-likeness (QED) is 0.460. The van der Waals surface area contributed by atoms with Gasteiger partial charge in [-0.3, -0.25) is 0 Å². The third-order valence-electron chi connectivity index (χ3n) is 2.40. The summed E-state index contributed by atoms with van der Waals surface area (Å²) in [5.74, 6) is -0.557. The SMILES string of the molecule is CNCCC(O)C(O)c1ccc(O)c(O)c1. The Morgan fingerprint density at radius 2 is 1.88 bits per heavy atom. The third kappa shape index (κ3) is 3.10. The molecule has 0 fully saturated rings. The van der Waals surface area contributed by atoms with Gasteiger partial charge < -0.3 is 25.7 Å². The molecule has 0 radical (unpaired) electrons. The van der Waals surface area contributed by atoms with Crippen molar-refractivity contribution in [2.45, 2.75) is 18.6 Å². The van der Waals surface area contributed by atoms with Crippen LogP contribution in [0.4, 0.5) is 0 Å². The van der Waals surface area contributed by atoms with Crippen molar-refractivity contribution < 1.29 is 20.4 Å². The highest BCUT2D eigenvalue weighted by Gasteiger charge is 2.18. The molecule has 0 heterocycles. The van der Waals surface area contributed by atoms with Gasteiger partial charge in [0, 0.05) is 0 Å². The molecular weight excluding hydrogens is 210 g/mol. The van der Waals surface area contributed by atoms with Gasteiger partial charge in [0.05, 0.1) is 6.10 Å². The highest BCUT2D eigenvalue weighted by Crippen LogP contribution is 2.29. The third-order valence-corrected chi connectivity index (χ3v) is 2.40. The van der Waals surface area contributed by atoms with Crippen LogP contribution >= 0.6 is 0 Å². The van der Waals surface area contributed by atoms with Gasteiger partial charge in [-0.25, -0.2) is 0 Å². The minimum absolute atomic E-state index is 0.249. The molecule has 0 amide bonds. The molecular formula is C11H17NO4. The van der Waals surface area contributed by atoms with E-state index in [4.69, 9.17) is 5.11 Å². The molecule has 0 bridgehead atoms. The van der Waals surface area contributed by atoms with E-state index in [-0.39, 0.29) is 11.5 Å². The fraction of sp³-hybridized carbons (Fsp3) is 0.455. The van der Waals surface area contributed by atoms with Crippen LogP contribution in [0, 0.1) is 0 Å². The van der Waals surface area contributed by atoms with Crippen LogP contribution in [0.15, 0.2) is 18.2 Å². The van der Waals surface area contributed by atoms with Crippen molar-refractivity contribution in [2.75, 3.05) is 13.6 Å². The molecule has 5 heteroatoms. The number of aromatic hydroxyl groups is 2. The van der Waals surface area contributed by atoms with Crippen LogP contribution in [0.1, 0.15) is 18.1 Å². The molecule has 0 aliphatic heterocycles. The summed E-state index contributed by atoms with van der Waals surface area (Å²) >= 11 is 0. The monoisotopic (exact) mass is 227 g/mol. The maximum absolute atomic E-state index is 9.76.